The second kappa shape index (κ2) is 5.72. The van der Waals surface area contributed by atoms with Crippen molar-refractivity contribution in [1.82, 2.24) is 10.6 Å². The standard InChI is InChI=1S/C10H13N3O3/c11-10(16)13-9(15)6-12-5-7-3-1-2-4-8(7)14/h1-4,12,14H,5-6H2,(H3,11,13,15,16). The van der Waals surface area contributed by atoms with Gasteiger partial charge in [0.2, 0.25) is 5.91 Å². The van der Waals surface area contributed by atoms with Crippen LogP contribution in [-0.2, 0) is 11.3 Å². The van der Waals surface area contributed by atoms with Crippen LogP contribution < -0.4 is 16.4 Å². The molecule has 0 heterocycles. The number of phenolic OH excluding ortho intramolecular Hbond substituents is 1. The number of nitrogens with two attached hydrogens (primary N) is 1. The summed E-state index contributed by atoms with van der Waals surface area (Å²) in [6.45, 7) is 0.288. The van der Waals surface area contributed by atoms with E-state index in [0.717, 1.165) is 0 Å². The molecule has 1 aromatic rings. The Bertz CT molecular complexity index is 393. The number of hydrogen-bond acceptors (Lipinski definition) is 4. The molecule has 6 nitrogen and oxygen atoms in total. The van der Waals surface area contributed by atoms with Gasteiger partial charge in [-0.25, -0.2) is 4.79 Å². The number of para-hydroxylation sites is 1. The maximum absolute atomic E-state index is 11.0. The summed E-state index contributed by atoms with van der Waals surface area (Å²) in [6.07, 6.45) is 0. The quantitative estimate of drug-likeness (QED) is 0.561. The molecule has 1 rings (SSSR count). The minimum absolute atomic E-state index is 0.0444. The van der Waals surface area contributed by atoms with Crippen LogP contribution in [-0.4, -0.2) is 23.6 Å². The molecular weight excluding hydrogens is 210 g/mol. The Morgan fingerprint density at radius 2 is 2.00 bits per heavy atom. The largest absolute Gasteiger partial charge is 0.508 e. The maximum Gasteiger partial charge on any atom is 0.318 e. The second-order valence-corrected chi connectivity index (χ2v) is 3.14. The summed E-state index contributed by atoms with van der Waals surface area (Å²) >= 11 is 0. The normalized spacial score (nSPS) is 9.75. The number of urea groups is 1. The predicted molar refractivity (Wildman–Crippen MR) is 57.5 cm³/mol. The number of nitrogens with one attached hydrogen (secondary N) is 2. The van der Waals surface area contributed by atoms with Crippen molar-refractivity contribution in [3.8, 4) is 5.75 Å². The van der Waals surface area contributed by atoms with E-state index in [1.54, 1.807) is 24.3 Å². The Morgan fingerprint density at radius 3 is 2.62 bits per heavy atom. The second-order valence-electron chi connectivity index (χ2n) is 3.14. The first-order chi connectivity index (χ1) is 7.59. The van der Waals surface area contributed by atoms with Gasteiger partial charge in [-0.05, 0) is 6.07 Å². The van der Waals surface area contributed by atoms with Gasteiger partial charge < -0.3 is 16.2 Å². The highest BCUT2D eigenvalue weighted by molar-refractivity contribution is 5.94. The molecular formula is C10H13N3O3. The van der Waals surface area contributed by atoms with Crippen LogP contribution in [0, 0.1) is 0 Å². The van der Waals surface area contributed by atoms with Gasteiger partial charge in [-0.15, -0.1) is 0 Å². The first-order valence-corrected chi connectivity index (χ1v) is 4.66. The van der Waals surface area contributed by atoms with Crippen molar-refractivity contribution in [2.24, 2.45) is 5.73 Å². The third-order valence-electron chi connectivity index (χ3n) is 1.86. The highest BCUT2D eigenvalue weighted by atomic mass is 16.3. The van der Waals surface area contributed by atoms with E-state index in [2.05, 4.69) is 5.32 Å². The molecule has 0 aromatic heterocycles. The fourth-order valence-corrected chi connectivity index (χ4v) is 1.15. The summed E-state index contributed by atoms with van der Waals surface area (Å²) in [7, 11) is 0. The lowest BCUT2D eigenvalue weighted by Crippen LogP contribution is -2.40. The molecule has 0 radical (unpaired) electrons. The molecule has 0 bridgehead atoms. The molecule has 0 fully saturated rings. The van der Waals surface area contributed by atoms with E-state index in [-0.39, 0.29) is 12.3 Å². The van der Waals surface area contributed by atoms with Crippen LogP contribution in [0.25, 0.3) is 0 Å². The lowest BCUT2D eigenvalue weighted by atomic mass is 10.2. The van der Waals surface area contributed by atoms with Crippen molar-refractivity contribution < 1.29 is 14.7 Å². The maximum atomic E-state index is 11.0. The average molecular weight is 223 g/mol. The molecule has 0 saturated heterocycles. The lowest BCUT2D eigenvalue weighted by Gasteiger charge is -2.05. The van der Waals surface area contributed by atoms with Gasteiger partial charge in [-0.2, -0.15) is 0 Å². The number of carbonyl (C=O) groups is 2. The van der Waals surface area contributed by atoms with Gasteiger partial charge >= 0.3 is 6.03 Å². The van der Waals surface area contributed by atoms with E-state index in [0.29, 0.717) is 12.1 Å². The summed E-state index contributed by atoms with van der Waals surface area (Å²) in [4.78, 5) is 21.3. The summed E-state index contributed by atoms with van der Waals surface area (Å²) in [6, 6.07) is 5.89. The Kier molecular flexibility index (Phi) is 4.28. The van der Waals surface area contributed by atoms with E-state index in [1.807, 2.05) is 5.32 Å². The van der Waals surface area contributed by atoms with Gasteiger partial charge in [0.1, 0.15) is 5.75 Å². The summed E-state index contributed by atoms with van der Waals surface area (Å²) < 4.78 is 0. The van der Waals surface area contributed by atoms with Gasteiger partial charge in [-0.3, -0.25) is 10.1 Å². The molecule has 6 heteroatoms. The minimum Gasteiger partial charge on any atom is -0.508 e. The van der Waals surface area contributed by atoms with Crippen molar-refractivity contribution >= 4 is 11.9 Å². The Morgan fingerprint density at radius 1 is 1.31 bits per heavy atom. The van der Waals surface area contributed by atoms with Crippen molar-refractivity contribution in [2.75, 3.05) is 6.54 Å². The highest BCUT2D eigenvalue weighted by Gasteiger charge is 2.04. The zero-order valence-corrected chi connectivity index (χ0v) is 8.56. The molecule has 3 amide bonds. The van der Waals surface area contributed by atoms with Crippen LogP contribution in [0.2, 0.25) is 0 Å². The lowest BCUT2D eigenvalue weighted by molar-refractivity contribution is -0.119. The summed E-state index contributed by atoms with van der Waals surface area (Å²) in [5.41, 5.74) is 5.44. The first-order valence-electron chi connectivity index (χ1n) is 4.66. The zero-order valence-electron chi connectivity index (χ0n) is 8.56. The number of rotatable bonds is 4. The molecule has 0 saturated carbocycles. The smallest absolute Gasteiger partial charge is 0.318 e. The van der Waals surface area contributed by atoms with E-state index >= 15 is 0 Å². The third kappa shape index (κ3) is 3.97. The number of carbonyl (C=O) groups excluding carboxylic acids is 2. The van der Waals surface area contributed by atoms with Crippen molar-refractivity contribution in [1.29, 1.82) is 0 Å². The van der Waals surface area contributed by atoms with Crippen LogP contribution in [0.5, 0.6) is 5.75 Å². The molecule has 0 atom stereocenters. The molecule has 86 valence electrons. The van der Waals surface area contributed by atoms with Gasteiger partial charge in [0.25, 0.3) is 0 Å². The van der Waals surface area contributed by atoms with Crippen molar-refractivity contribution in [3.63, 3.8) is 0 Å². The molecule has 0 unspecified atom stereocenters. The number of primary amides is 1. The topological polar surface area (TPSA) is 104 Å². The third-order valence-corrected chi connectivity index (χ3v) is 1.86. The fourth-order valence-electron chi connectivity index (χ4n) is 1.15. The Labute approximate surface area is 92.4 Å². The molecule has 1 aromatic carbocycles. The molecule has 0 aliphatic rings. The zero-order chi connectivity index (χ0) is 12.0. The number of phenols is 1. The van der Waals surface area contributed by atoms with Crippen LogP contribution >= 0.6 is 0 Å². The van der Waals surface area contributed by atoms with Crippen molar-refractivity contribution in [2.45, 2.75) is 6.54 Å². The van der Waals surface area contributed by atoms with Crippen LogP contribution in [0.3, 0.4) is 0 Å². The molecule has 0 aliphatic heterocycles. The van der Waals surface area contributed by atoms with Gasteiger partial charge in [0.15, 0.2) is 0 Å². The number of aromatic hydroxyl groups is 1. The number of benzene rings is 1. The number of imide groups is 1. The summed E-state index contributed by atoms with van der Waals surface area (Å²) in [5, 5.41) is 14.1. The van der Waals surface area contributed by atoms with E-state index < -0.39 is 11.9 Å². The van der Waals surface area contributed by atoms with Crippen molar-refractivity contribution in [3.05, 3.63) is 29.8 Å². The van der Waals surface area contributed by atoms with Gasteiger partial charge in [0.05, 0.1) is 6.54 Å². The molecule has 0 aliphatic carbocycles. The first kappa shape index (κ1) is 12.0. The fraction of sp³-hybridized carbons (Fsp3) is 0.200. The Balaban J connectivity index is 2.33. The monoisotopic (exact) mass is 223 g/mol. The molecule has 16 heavy (non-hydrogen) atoms. The van der Waals surface area contributed by atoms with Gasteiger partial charge in [0, 0.05) is 12.1 Å². The molecule has 5 N–H and O–H groups in total. The van der Waals surface area contributed by atoms with E-state index in [4.69, 9.17) is 5.73 Å². The van der Waals surface area contributed by atoms with Crippen LogP contribution in [0.15, 0.2) is 24.3 Å². The van der Waals surface area contributed by atoms with E-state index in [1.165, 1.54) is 0 Å². The highest BCUT2D eigenvalue weighted by Crippen LogP contribution is 2.14. The Hall–Kier alpha value is -2.08. The predicted octanol–water partition coefficient (Wildman–Crippen LogP) is -0.323. The minimum atomic E-state index is -0.880. The average Bonchev–Trinajstić information content (AvgIpc) is 2.19. The van der Waals surface area contributed by atoms with E-state index in [9.17, 15) is 14.7 Å². The van der Waals surface area contributed by atoms with Crippen LogP contribution in [0.1, 0.15) is 5.56 Å². The number of amides is 3. The number of hydrogen-bond donors (Lipinski definition) is 4. The SMILES string of the molecule is NC(=O)NC(=O)CNCc1ccccc1O. The summed E-state index contributed by atoms with van der Waals surface area (Å²) in [5.74, 6) is -0.353. The van der Waals surface area contributed by atoms with Gasteiger partial charge in [-0.1, -0.05) is 18.2 Å². The van der Waals surface area contributed by atoms with Crippen LogP contribution in [0.4, 0.5) is 4.79 Å². The molecule has 0 spiro atoms.